The van der Waals surface area contributed by atoms with E-state index in [1.165, 1.54) is 31.5 Å². The summed E-state index contributed by atoms with van der Waals surface area (Å²) in [6.45, 7) is 9.70. The number of aromatic amines is 1. The largest absolute Gasteiger partial charge is 0.418 e. The number of nitrogens with one attached hydrogen (secondary N) is 2. The lowest BCUT2D eigenvalue weighted by molar-refractivity contribution is 0.204. The Bertz CT molecular complexity index is 849. The lowest BCUT2D eigenvalue weighted by atomic mass is 10.1. The van der Waals surface area contributed by atoms with Gasteiger partial charge in [0.2, 0.25) is 5.88 Å². The second kappa shape index (κ2) is 7.83. The Morgan fingerprint density at radius 3 is 2.79 bits per heavy atom. The monoisotopic (exact) mass is 383 g/mol. The number of aryl methyl sites for hydroxylation is 2. The predicted molar refractivity (Wildman–Crippen MR) is 110 cm³/mol. The Morgan fingerprint density at radius 1 is 1.25 bits per heavy atom. The highest BCUT2D eigenvalue weighted by molar-refractivity contribution is 5.86. The molecule has 2 aliphatic heterocycles. The number of carbonyl (C=O) groups is 1. The summed E-state index contributed by atoms with van der Waals surface area (Å²) in [6.07, 6.45) is 3.33. The van der Waals surface area contributed by atoms with Crippen molar-refractivity contribution in [2.75, 3.05) is 29.9 Å². The maximum Gasteiger partial charge on any atom is 0.418 e. The van der Waals surface area contributed by atoms with Gasteiger partial charge < -0.3 is 9.64 Å². The molecule has 1 aromatic carbocycles. The van der Waals surface area contributed by atoms with Crippen LogP contribution in [0.4, 0.5) is 16.2 Å². The van der Waals surface area contributed by atoms with Gasteiger partial charge in [0.15, 0.2) is 0 Å². The summed E-state index contributed by atoms with van der Waals surface area (Å²) >= 11 is 0. The Hall–Kier alpha value is -2.54. The Labute approximate surface area is 166 Å². The van der Waals surface area contributed by atoms with Crippen molar-refractivity contribution in [3.63, 3.8) is 0 Å². The fourth-order valence-electron chi connectivity index (χ4n) is 4.50. The third-order valence-electron chi connectivity index (χ3n) is 5.90. The van der Waals surface area contributed by atoms with E-state index in [-0.39, 0.29) is 5.88 Å². The van der Waals surface area contributed by atoms with Gasteiger partial charge in [-0.3, -0.25) is 15.3 Å². The van der Waals surface area contributed by atoms with Crippen LogP contribution in [0.3, 0.4) is 0 Å². The molecule has 1 amide bonds. The third kappa shape index (κ3) is 3.99. The Kier molecular flexibility index (Phi) is 5.26. The summed E-state index contributed by atoms with van der Waals surface area (Å²) in [5.74, 6) is 0.266. The first-order valence-electron chi connectivity index (χ1n) is 10.1. The number of H-pyrrole nitrogens is 1. The third-order valence-corrected chi connectivity index (χ3v) is 5.90. The van der Waals surface area contributed by atoms with Crippen molar-refractivity contribution in [2.45, 2.75) is 52.1 Å². The molecule has 1 aromatic heterocycles. The van der Waals surface area contributed by atoms with Crippen LogP contribution < -0.4 is 15.0 Å². The average molecular weight is 383 g/mol. The van der Waals surface area contributed by atoms with Crippen LogP contribution in [0.1, 0.15) is 37.4 Å². The number of likely N-dealkylation sites (tertiary alicyclic amines) is 1. The maximum atomic E-state index is 12.1. The molecule has 2 saturated heterocycles. The SMILES string of the molecule is Cc1cc(OC(=O)Nc2ccc(N3CCC(N4CCCC4C)C3)c(C)c2)n[nH]1. The highest BCUT2D eigenvalue weighted by atomic mass is 16.6. The molecule has 7 nitrogen and oxygen atoms in total. The lowest BCUT2D eigenvalue weighted by Crippen LogP contribution is -2.39. The van der Waals surface area contributed by atoms with Gasteiger partial charge in [-0.2, -0.15) is 0 Å². The highest BCUT2D eigenvalue weighted by Crippen LogP contribution is 2.31. The predicted octanol–water partition coefficient (Wildman–Crippen LogP) is 3.70. The first-order chi connectivity index (χ1) is 13.5. The molecule has 2 atom stereocenters. The number of rotatable bonds is 4. The molecule has 0 spiro atoms. The quantitative estimate of drug-likeness (QED) is 0.842. The van der Waals surface area contributed by atoms with Gasteiger partial charge in [-0.1, -0.05) is 0 Å². The molecule has 2 aromatic rings. The van der Waals surface area contributed by atoms with Crippen LogP contribution in [-0.4, -0.2) is 52.9 Å². The van der Waals surface area contributed by atoms with Crippen molar-refractivity contribution < 1.29 is 9.53 Å². The van der Waals surface area contributed by atoms with E-state index in [2.05, 4.69) is 45.2 Å². The molecule has 0 saturated carbocycles. The molecular formula is C21H29N5O2. The Balaban J connectivity index is 1.37. The number of hydrogen-bond donors (Lipinski definition) is 2. The van der Waals surface area contributed by atoms with E-state index in [1.807, 2.05) is 19.1 Å². The van der Waals surface area contributed by atoms with Crippen molar-refractivity contribution in [3.8, 4) is 5.88 Å². The van der Waals surface area contributed by atoms with E-state index in [0.717, 1.165) is 30.0 Å². The molecule has 2 fully saturated rings. The molecule has 4 rings (SSSR count). The minimum Gasteiger partial charge on any atom is -0.389 e. The molecule has 2 aliphatic rings. The van der Waals surface area contributed by atoms with E-state index in [0.29, 0.717) is 12.1 Å². The van der Waals surface area contributed by atoms with Crippen molar-refractivity contribution in [1.29, 1.82) is 0 Å². The first kappa shape index (κ1) is 18.8. The number of benzene rings is 1. The first-order valence-corrected chi connectivity index (χ1v) is 10.1. The van der Waals surface area contributed by atoms with Crippen molar-refractivity contribution in [2.24, 2.45) is 0 Å². The van der Waals surface area contributed by atoms with E-state index in [1.54, 1.807) is 6.07 Å². The second-order valence-corrected chi connectivity index (χ2v) is 8.02. The van der Waals surface area contributed by atoms with Crippen molar-refractivity contribution in [3.05, 3.63) is 35.5 Å². The van der Waals surface area contributed by atoms with Crippen LogP contribution in [-0.2, 0) is 0 Å². The van der Waals surface area contributed by atoms with E-state index >= 15 is 0 Å². The van der Waals surface area contributed by atoms with Gasteiger partial charge in [-0.25, -0.2) is 4.79 Å². The van der Waals surface area contributed by atoms with Crippen LogP contribution >= 0.6 is 0 Å². The molecule has 0 aliphatic carbocycles. The number of hydrogen-bond acceptors (Lipinski definition) is 5. The molecule has 2 N–H and O–H groups in total. The highest BCUT2D eigenvalue weighted by Gasteiger charge is 2.33. The normalized spacial score (nSPS) is 22.6. The van der Waals surface area contributed by atoms with Crippen LogP contribution in [0.2, 0.25) is 0 Å². The van der Waals surface area contributed by atoms with Gasteiger partial charge >= 0.3 is 6.09 Å². The fraction of sp³-hybridized carbons (Fsp3) is 0.524. The number of amides is 1. The molecule has 0 bridgehead atoms. The molecule has 150 valence electrons. The van der Waals surface area contributed by atoms with Gasteiger partial charge in [0.05, 0.1) is 0 Å². The van der Waals surface area contributed by atoms with E-state index in [9.17, 15) is 4.79 Å². The molecular weight excluding hydrogens is 354 g/mol. The topological polar surface area (TPSA) is 73.5 Å². The number of aromatic nitrogens is 2. The Morgan fingerprint density at radius 2 is 2.11 bits per heavy atom. The van der Waals surface area contributed by atoms with Crippen LogP contribution in [0, 0.1) is 13.8 Å². The van der Waals surface area contributed by atoms with Gasteiger partial charge in [-0.05, 0) is 70.3 Å². The zero-order valence-electron chi connectivity index (χ0n) is 16.9. The van der Waals surface area contributed by atoms with Crippen LogP contribution in [0.5, 0.6) is 5.88 Å². The summed E-state index contributed by atoms with van der Waals surface area (Å²) < 4.78 is 5.18. The minimum absolute atomic E-state index is 0.266. The molecule has 0 radical (unpaired) electrons. The molecule has 3 heterocycles. The minimum atomic E-state index is -0.539. The maximum absolute atomic E-state index is 12.1. The summed E-state index contributed by atoms with van der Waals surface area (Å²) in [5, 5.41) is 9.43. The zero-order valence-corrected chi connectivity index (χ0v) is 16.9. The molecule has 28 heavy (non-hydrogen) atoms. The molecule has 7 heteroatoms. The number of anilines is 2. The smallest absolute Gasteiger partial charge is 0.389 e. The lowest BCUT2D eigenvalue weighted by Gasteiger charge is -2.29. The van der Waals surface area contributed by atoms with Gasteiger partial charge in [0, 0.05) is 48.3 Å². The summed E-state index contributed by atoms with van der Waals surface area (Å²) in [6, 6.07) is 9.07. The van der Waals surface area contributed by atoms with E-state index < -0.39 is 6.09 Å². The standard InChI is InChI=1S/C21H29N5O2/c1-14-11-17(22-21(27)28-20-12-15(2)23-24-20)6-7-19(14)25-10-8-18(13-25)26-9-4-5-16(26)3/h6-7,11-12,16,18H,4-5,8-10,13H2,1-3H3,(H,22,27)(H,23,24). The second-order valence-electron chi connectivity index (χ2n) is 8.02. The summed E-state index contributed by atoms with van der Waals surface area (Å²) in [5.41, 5.74) is 3.97. The summed E-state index contributed by atoms with van der Waals surface area (Å²) in [7, 11) is 0. The van der Waals surface area contributed by atoms with Crippen molar-refractivity contribution in [1.82, 2.24) is 15.1 Å². The van der Waals surface area contributed by atoms with Crippen LogP contribution in [0.15, 0.2) is 24.3 Å². The van der Waals surface area contributed by atoms with E-state index in [4.69, 9.17) is 4.74 Å². The molecule has 2 unspecified atom stereocenters. The number of carbonyl (C=O) groups excluding carboxylic acids is 1. The van der Waals surface area contributed by atoms with Crippen LogP contribution in [0.25, 0.3) is 0 Å². The fourth-order valence-corrected chi connectivity index (χ4v) is 4.50. The average Bonchev–Trinajstić information content (AvgIpc) is 3.36. The zero-order chi connectivity index (χ0) is 19.7. The number of ether oxygens (including phenoxy) is 1. The number of nitrogens with zero attached hydrogens (tertiary/aromatic N) is 3. The summed E-state index contributed by atoms with van der Waals surface area (Å²) in [4.78, 5) is 17.2. The van der Waals surface area contributed by atoms with Gasteiger partial charge in [-0.15, -0.1) is 5.10 Å². The van der Waals surface area contributed by atoms with Gasteiger partial charge in [0.25, 0.3) is 0 Å². The van der Waals surface area contributed by atoms with Gasteiger partial charge in [0.1, 0.15) is 0 Å². The van der Waals surface area contributed by atoms with Crippen molar-refractivity contribution >= 4 is 17.5 Å².